The summed E-state index contributed by atoms with van der Waals surface area (Å²) in [6, 6.07) is 26.6. The predicted molar refractivity (Wildman–Crippen MR) is 155 cm³/mol. The lowest BCUT2D eigenvalue weighted by atomic mass is 10.1. The second-order valence-electron chi connectivity index (χ2n) is 9.48. The van der Waals surface area contributed by atoms with Crippen LogP contribution < -0.4 is 15.2 Å². The van der Waals surface area contributed by atoms with Crippen molar-refractivity contribution in [1.82, 2.24) is 9.47 Å². The first-order chi connectivity index (χ1) is 19.1. The van der Waals surface area contributed by atoms with Crippen molar-refractivity contribution in [3.8, 4) is 5.75 Å². The third-order valence-corrected chi connectivity index (χ3v) is 8.44. The molecule has 0 radical (unpaired) electrons. The Kier molecular flexibility index (Phi) is 6.62. The number of amides is 1. The Hall–Kier alpha value is -4.43. The number of ether oxygens (including phenoxy) is 1. The molecule has 196 valence electrons. The number of rotatable bonds is 6. The summed E-state index contributed by atoms with van der Waals surface area (Å²) in [5.41, 5.74) is 1.99. The smallest absolute Gasteiger partial charge is 0.267 e. The van der Waals surface area contributed by atoms with E-state index in [2.05, 4.69) is 17.0 Å². The number of aromatic nitrogens is 1. The molecule has 1 saturated heterocycles. The van der Waals surface area contributed by atoms with Crippen molar-refractivity contribution in [3.05, 3.63) is 106 Å². The van der Waals surface area contributed by atoms with Gasteiger partial charge in [0, 0.05) is 42.8 Å². The largest absolute Gasteiger partial charge is 0.494 e. The molecule has 0 aliphatic carbocycles. The molecule has 5 aromatic rings. The van der Waals surface area contributed by atoms with E-state index >= 15 is 0 Å². The number of thiophene rings is 1. The summed E-state index contributed by atoms with van der Waals surface area (Å²) in [4.78, 5) is 45.3. The zero-order chi connectivity index (χ0) is 26.9. The molecule has 0 atom stereocenters. The zero-order valence-corrected chi connectivity index (χ0v) is 22.3. The molecule has 0 saturated carbocycles. The highest BCUT2D eigenvalue weighted by Gasteiger charge is 2.30. The fourth-order valence-electron chi connectivity index (χ4n) is 5.25. The Morgan fingerprint density at radius 1 is 0.846 bits per heavy atom. The van der Waals surface area contributed by atoms with E-state index < -0.39 is 0 Å². The first-order valence-corrected chi connectivity index (χ1v) is 13.7. The molecule has 1 aliphatic rings. The van der Waals surface area contributed by atoms with E-state index in [1.165, 1.54) is 23.0 Å². The lowest BCUT2D eigenvalue weighted by Gasteiger charge is -2.36. The van der Waals surface area contributed by atoms with Crippen molar-refractivity contribution >= 4 is 49.7 Å². The number of hydrogen-bond donors (Lipinski definition) is 0. The minimum atomic E-state index is -0.339. The van der Waals surface area contributed by atoms with Gasteiger partial charge in [-0.15, -0.1) is 11.3 Å². The van der Waals surface area contributed by atoms with Crippen LogP contribution in [0, 0.1) is 0 Å². The Labute approximate surface area is 229 Å². The number of para-hydroxylation sites is 2. The van der Waals surface area contributed by atoms with E-state index in [0.717, 1.165) is 24.2 Å². The molecule has 2 aromatic heterocycles. The number of pyridine rings is 1. The maximum atomic E-state index is 13.9. The summed E-state index contributed by atoms with van der Waals surface area (Å²) >= 11 is 1.29. The van der Waals surface area contributed by atoms with Crippen molar-refractivity contribution in [1.29, 1.82) is 0 Å². The van der Waals surface area contributed by atoms with Crippen LogP contribution in [0.15, 0.2) is 89.7 Å². The minimum Gasteiger partial charge on any atom is -0.494 e. The Bertz CT molecular complexity index is 1740. The summed E-state index contributed by atoms with van der Waals surface area (Å²) in [6.07, 6.45) is 0. The highest BCUT2D eigenvalue weighted by atomic mass is 32.1. The first kappa shape index (κ1) is 24.9. The molecule has 1 amide bonds. The number of hydrogen-bond acceptors (Lipinski definition) is 6. The number of benzene rings is 3. The van der Waals surface area contributed by atoms with Crippen LogP contribution in [0.2, 0.25) is 0 Å². The highest BCUT2D eigenvalue weighted by Crippen LogP contribution is 2.40. The van der Waals surface area contributed by atoms with Crippen LogP contribution >= 0.6 is 11.3 Å². The maximum absolute atomic E-state index is 13.9. The molecule has 1 fully saturated rings. The number of carbonyl (C=O) groups is 2. The van der Waals surface area contributed by atoms with Gasteiger partial charge in [0.25, 0.3) is 11.5 Å². The van der Waals surface area contributed by atoms with Gasteiger partial charge in [0.1, 0.15) is 10.3 Å². The van der Waals surface area contributed by atoms with E-state index in [-0.39, 0.29) is 29.5 Å². The fourth-order valence-corrected chi connectivity index (χ4v) is 6.51. The fraction of sp³-hybridized carbons (Fsp3) is 0.194. The molecule has 0 spiro atoms. The summed E-state index contributed by atoms with van der Waals surface area (Å²) in [5.74, 6) is -0.0257. The number of fused-ring (bicyclic) bond motifs is 3. The Morgan fingerprint density at radius 3 is 2.18 bits per heavy atom. The van der Waals surface area contributed by atoms with Gasteiger partial charge < -0.3 is 14.5 Å². The Morgan fingerprint density at radius 2 is 1.49 bits per heavy atom. The molecule has 39 heavy (non-hydrogen) atoms. The van der Waals surface area contributed by atoms with Gasteiger partial charge in [0.15, 0.2) is 11.5 Å². The molecule has 8 heteroatoms. The van der Waals surface area contributed by atoms with Gasteiger partial charge in [-0.1, -0.05) is 66.7 Å². The minimum absolute atomic E-state index is 0.108. The van der Waals surface area contributed by atoms with E-state index in [0.29, 0.717) is 39.1 Å². The first-order valence-electron chi connectivity index (χ1n) is 12.9. The third kappa shape index (κ3) is 4.46. The summed E-state index contributed by atoms with van der Waals surface area (Å²) < 4.78 is 7.92. The standard InChI is InChI=1S/C31H27N3O4S/c1-38-27-26-28(39-29(27)31(37)33-18-16-32(17-19-33)22-12-6-3-7-13-22)23-14-8-9-15-24(23)34(30(26)36)20-25(35)21-10-4-2-5-11-21/h2-15H,16-20H2,1H3. The third-order valence-electron chi connectivity index (χ3n) is 7.25. The SMILES string of the molecule is COc1c(C(=O)N2CCN(c3ccccc3)CC2)sc2c1c(=O)n(CC(=O)c1ccccc1)c1ccccc21. The molecule has 1 aliphatic heterocycles. The van der Waals surface area contributed by atoms with Crippen molar-refractivity contribution in [3.63, 3.8) is 0 Å². The van der Waals surface area contributed by atoms with Crippen LogP contribution in [0.1, 0.15) is 20.0 Å². The van der Waals surface area contributed by atoms with Crippen LogP contribution in [0.3, 0.4) is 0 Å². The van der Waals surface area contributed by atoms with Crippen LogP contribution in [0.5, 0.6) is 5.75 Å². The van der Waals surface area contributed by atoms with Crippen LogP contribution in [-0.4, -0.2) is 54.4 Å². The molecule has 6 rings (SSSR count). The quantitative estimate of drug-likeness (QED) is 0.283. The highest BCUT2D eigenvalue weighted by molar-refractivity contribution is 7.22. The average Bonchev–Trinajstić information content (AvgIpc) is 3.40. The van der Waals surface area contributed by atoms with Crippen LogP contribution in [-0.2, 0) is 6.54 Å². The van der Waals surface area contributed by atoms with Crippen molar-refractivity contribution in [2.45, 2.75) is 6.54 Å². The molecular formula is C31H27N3O4S. The van der Waals surface area contributed by atoms with Gasteiger partial charge in [-0.05, 0) is 18.2 Å². The summed E-state index contributed by atoms with van der Waals surface area (Å²) in [7, 11) is 1.49. The van der Waals surface area contributed by atoms with Crippen molar-refractivity contribution < 1.29 is 14.3 Å². The van der Waals surface area contributed by atoms with Gasteiger partial charge in [-0.25, -0.2) is 0 Å². The maximum Gasteiger partial charge on any atom is 0.267 e. The second kappa shape index (κ2) is 10.4. The van der Waals surface area contributed by atoms with Gasteiger partial charge >= 0.3 is 0 Å². The number of piperazine rings is 1. The molecule has 7 nitrogen and oxygen atoms in total. The van der Waals surface area contributed by atoms with Gasteiger partial charge in [-0.3, -0.25) is 19.0 Å². The van der Waals surface area contributed by atoms with E-state index in [9.17, 15) is 14.4 Å². The van der Waals surface area contributed by atoms with Crippen molar-refractivity contribution in [2.75, 3.05) is 38.2 Å². The number of Topliss-reactive ketones (excluding diaryl/α,β-unsaturated/α-hetero) is 1. The lowest BCUT2D eigenvalue weighted by Crippen LogP contribution is -2.48. The lowest BCUT2D eigenvalue weighted by molar-refractivity contribution is 0.0748. The number of ketones is 1. The van der Waals surface area contributed by atoms with Crippen LogP contribution in [0.4, 0.5) is 5.69 Å². The topological polar surface area (TPSA) is 71.8 Å². The molecule has 0 bridgehead atoms. The average molecular weight is 538 g/mol. The summed E-state index contributed by atoms with van der Waals surface area (Å²) in [6.45, 7) is 2.48. The number of carbonyl (C=O) groups excluding carboxylic acids is 2. The molecule has 0 N–H and O–H groups in total. The molecule has 3 aromatic carbocycles. The van der Waals surface area contributed by atoms with E-state index in [4.69, 9.17) is 4.74 Å². The normalized spacial score (nSPS) is 13.7. The van der Waals surface area contributed by atoms with Crippen LogP contribution in [0.25, 0.3) is 21.0 Å². The second-order valence-corrected chi connectivity index (χ2v) is 10.5. The van der Waals surface area contributed by atoms with E-state index in [1.54, 1.807) is 24.3 Å². The van der Waals surface area contributed by atoms with Gasteiger partial charge in [0.2, 0.25) is 0 Å². The zero-order valence-electron chi connectivity index (χ0n) is 21.5. The predicted octanol–water partition coefficient (Wildman–Crippen LogP) is 5.07. The van der Waals surface area contributed by atoms with Gasteiger partial charge in [0.05, 0.1) is 23.9 Å². The molecular weight excluding hydrogens is 510 g/mol. The summed E-state index contributed by atoms with van der Waals surface area (Å²) in [5, 5.41) is 1.15. The molecule has 3 heterocycles. The molecule has 0 unspecified atom stereocenters. The number of methoxy groups -OCH3 is 1. The Balaban J connectivity index is 1.39. The number of nitrogens with zero attached hydrogens (tertiary/aromatic N) is 3. The monoisotopic (exact) mass is 537 g/mol. The van der Waals surface area contributed by atoms with Crippen molar-refractivity contribution in [2.24, 2.45) is 0 Å². The van der Waals surface area contributed by atoms with Gasteiger partial charge in [-0.2, -0.15) is 0 Å². The van der Waals surface area contributed by atoms with E-state index in [1.807, 2.05) is 53.4 Å². The number of anilines is 1.